The number of nitrogens with one attached hydrogen (secondary N) is 1. The van der Waals surface area contributed by atoms with Crippen LogP contribution in [0.1, 0.15) is 32.8 Å². The maximum atomic E-state index is 14.2. The lowest BCUT2D eigenvalue weighted by molar-refractivity contribution is 0.161. The molecule has 118 valence electrons. The fraction of sp³-hybridized carbons (Fsp3) is 0.647. The van der Waals surface area contributed by atoms with Crippen LogP contribution in [-0.4, -0.2) is 32.3 Å². The monoisotopic (exact) mass is 294 g/mol. The van der Waals surface area contributed by atoms with Gasteiger partial charge in [-0.1, -0.05) is 6.07 Å². The van der Waals surface area contributed by atoms with Crippen molar-refractivity contribution in [1.82, 2.24) is 5.32 Å². The summed E-state index contributed by atoms with van der Waals surface area (Å²) in [6.07, 6.45) is 1.11. The summed E-state index contributed by atoms with van der Waals surface area (Å²) in [5, 5.41) is 3.39. The van der Waals surface area contributed by atoms with E-state index in [1.54, 1.807) is 19.2 Å². The second-order valence-electron chi connectivity index (χ2n) is 6.90. The van der Waals surface area contributed by atoms with Gasteiger partial charge in [0.2, 0.25) is 0 Å². The highest BCUT2D eigenvalue weighted by atomic mass is 19.1. The van der Waals surface area contributed by atoms with Crippen molar-refractivity contribution in [2.24, 2.45) is 5.92 Å². The minimum atomic E-state index is -0.126. The van der Waals surface area contributed by atoms with E-state index in [1.165, 1.54) is 0 Å². The lowest BCUT2D eigenvalue weighted by atomic mass is 10.1. The van der Waals surface area contributed by atoms with E-state index in [0.717, 1.165) is 37.4 Å². The molecule has 0 aliphatic carbocycles. The Bertz CT molecular complexity index is 470. The Morgan fingerprint density at radius 3 is 2.81 bits per heavy atom. The van der Waals surface area contributed by atoms with Gasteiger partial charge in [-0.05, 0) is 39.3 Å². The van der Waals surface area contributed by atoms with E-state index in [4.69, 9.17) is 4.74 Å². The van der Waals surface area contributed by atoms with Crippen molar-refractivity contribution in [3.8, 4) is 0 Å². The van der Waals surface area contributed by atoms with E-state index in [2.05, 4.69) is 31.0 Å². The quantitative estimate of drug-likeness (QED) is 0.902. The average molecular weight is 294 g/mol. The first-order valence-corrected chi connectivity index (χ1v) is 7.67. The van der Waals surface area contributed by atoms with Crippen LogP contribution in [-0.2, 0) is 11.3 Å². The van der Waals surface area contributed by atoms with Crippen LogP contribution in [0.3, 0.4) is 0 Å². The number of hydrogen-bond acceptors (Lipinski definition) is 3. The predicted molar refractivity (Wildman–Crippen MR) is 85.2 cm³/mol. The SMILES string of the molecule is COCC1CCN(c2cccc(F)c2CNC(C)(C)C)C1. The molecule has 1 aromatic rings. The first kappa shape index (κ1) is 16.2. The Morgan fingerprint density at radius 2 is 2.14 bits per heavy atom. The minimum Gasteiger partial charge on any atom is -0.384 e. The maximum Gasteiger partial charge on any atom is 0.129 e. The van der Waals surface area contributed by atoms with E-state index in [-0.39, 0.29) is 11.4 Å². The molecule has 2 rings (SSSR count). The second-order valence-corrected chi connectivity index (χ2v) is 6.90. The topological polar surface area (TPSA) is 24.5 Å². The van der Waals surface area contributed by atoms with Gasteiger partial charge in [0.25, 0.3) is 0 Å². The number of halogens is 1. The van der Waals surface area contributed by atoms with Crippen molar-refractivity contribution in [2.75, 3.05) is 31.7 Å². The van der Waals surface area contributed by atoms with E-state index >= 15 is 0 Å². The van der Waals surface area contributed by atoms with Crippen molar-refractivity contribution in [2.45, 2.75) is 39.3 Å². The molecule has 1 unspecified atom stereocenters. The van der Waals surface area contributed by atoms with E-state index in [0.29, 0.717) is 12.5 Å². The average Bonchev–Trinajstić information content (AvgIpc) is 2.85. The van der Waals surface area contributed by atoms with Crippen LogP contribution in [0, 0.1) is 11.7 Å². The second kappa shape index (κ2) is 6.75. The molecule has 1 saturated heterocycles. The zero-order valence-corrected chi connectivity index (χ0v) is 13.6. The Morgan fingerprint density at radius 1 is 1.38 bits per heavy atom. The molecule has 0 amide bonds. The predicted octanol–water partition coefficient (Wildman–Crippen LogP) is 3.19. The Hall–Kier alpha value is -1.13. The van der Waals surface area contributed by atoms with Crippen molar-refractivity contribution in [3.05, 3.63) is 29.6 Å². The molecule has 0 aromatic heterocycles. The number of rotatable bonds is 5. The van der Waals surface area contributed by atoms with Crippen LogP contribution in [0.5, 0.6) is 0 Å². The number of ether oxygens (including phenoxy) is 1. The third kappa shape index (κ3) is 4.42. The fourth-order valence-corrected chi connectivity index (χ4v) is 2.80. The number of hydrogen-bond donors (Lipinski definition) is 1. The third-order valence-electron chi connectivity index (χ3n) is 3.92. The molecule has 0 spiro atoms. The molecular weight excluding hydrogens is 267 g/mol. The summed E-state index contributed by atoms with van der Waals surface area (Å²) in [6.45, 7) is 9.53. The Labute approximate surface area is 127 Å². The van der Waals surface area contributed by atoms with Gasteiger partial charge >= 0.3 is 0 Å². The summed E-state index contributed by atoms with van der Waals surface area (Å²) in [4.78, 5) is 2.28. The number of anilines is 1. The highest BCUT2D eigenvalue weighted by molar-refractivity contribution is 5.55. The smallest absolute Gasteiger partial charge is 0.129 e. The molecule has 1 N–H and O–H groups in total. The fourth-order valence-electron chi connectivity index (χ4n) is 2.80. The van der Waals surface area contributed by atoms with Crippen molar-refractivity contribution >= 4 is 5.69 Å². The molecule has 4 heteroatoms. The van der Waals surface area contributed by atoms with Crippen LogP contribution in [0.15, 0.2) is 18.2 Å². The van der Waals surface area contributed by atoms with Crippen LogP contribution in [0.2, 0.25) is 0 Å². The molecule has 0 radical (unpaired) electrons. The molecule has 1 fully saturated rings. The molecule has 0 bridgehead atoms. The standard InChI is InChI=1S/C17H27FN2O/c1-17(2,3)19-10-14-15(18)6-5-7-16(14)20-9-8-13(11-20)12-21-4/h5-7,13,19H,8-12H2,1-4H3. The van der Waals surface area contributed by atoms with E-state index in [1.807, 2.05) is 6.07 Å². The molecule has 0 saturated carbocycles. The molecule has 1 atom stereocenters. The molecule has 1 aromatic carbocycles. The lowest BCUT2D eigenvalue weighted by Crippen LogP contribution is -2.36. The summed E-state index contributed by atoms with van der Waals surface area (Å²) in [6, 6.07) is 5.37. The van der Waals surface area contributed by atoms with Gasteiger partial charge in [0.15, 0.2) is 0 Å². The van der Waals surface area contributed by atoms with Crippen molar-refractivity contribution in [3.63, 3.8) is 0 Å². The third-order valence-corrected chi connectivity index (χ3v) is 3.92. The van der Waals surface area contributed by atoms with Gasteiger partial charge in [0.1, 0.15) is 5.82 Å². The molecule has 1 aliphatic rings. The lowest BCUT2D eigenvalue weighted by Gasteiger charge is -2.26. The largest absolute Gasteiger partial charge is 0.384 e. The summed E-state index contributed by atoms with van der Waals surface area (Å²) < 4.78 is 19.5. The van der Waals surface area contributed by atoms with Crippen LogP contribution in [0.25, 0.3) is 0 Å². The summed E-state index contributed by atoms with van der Waals surface area (Å²) in [5.74, 6) is 0.418. The number of methoxy groups -OCH3 is 1. The summed E-state index contributed by atoms with van der Waals surface area (Å²) in [7, 11) is 1.74. The summed E-state index contributed by atoms with van der Waals surface area (Å²) >= 11 is 0. The van der Waals surface area contributed by atoms with Crippen LogP contribution >= 0.6 is 0 Å². The van der Waals surface area contributed by atoms with Gasteiger partial charge in [-0.3, -0.25) is 0 Å². The van der Waals surface area contributed by atoms with Crippen LogP contribution in [0.4, 0.5) is 10.1 Å². The van der Waals surface area contributed by atoms with Gasteiger partial charge in [-0.15, -0.1) is 0 Å². The highest BCUT2D eigenvalue weighted by Gasteiger charge is 2.25. The first-order chi connectivity index (χ1) is 9.90. The molecule has 1 heterocycles. The van der Waals surface area contributed by atoms with Gasteiger partial charge in [0.05, 0.1) is 6.61 Å². The molecular formula is C17H27FN2O. The molecule has 21 heavy (non-hydrogen) atoms. The molecule has 3 nitrogen and oxygen atoms in total. The Kier molecular flexibility index (Phi) is 5.22. The van der Waals surface area contributed by atoms with Gasteiger partial charge in [-0.25, -0.2) is 4.39 Å². The normalized spacial score (nSPS) is 19.3. The number of nitrogens with zero attached hydrogens (tertiary/aromatic N) is 1. The summed E-state index contributed by atoms with van der Waals surface area (Å²) in [5.41, 5.74) is 1.76. The van der Waals surface area contributed by atoms with E-state index in [9.17, 15) is 4.39 Å². The van der Waals surface area contributed by atoms with Crippen molar-refractivity contribution < 1.29 is 9.13 Å². The van der Waals surface area contributed by atoms with Gasteiger partial charge in [-0.2, -0.15) is 0 Å². The number of benzene rings is 1. The van der Waals surface area contributed by atoms with Gasteiger partial charge in [0, 0.05) is 49.5 Å². The Balaban J connectivity index is 2.14. The minimum absolute atomic E-state index is 0.0247. The zero-order chi connectivity index (χ0) is 15.5. The zero-order valence-electron chi connectivity index (χ0n) is 13.6. The highest BCUT2D eigenvalue weighted by Crippen LogP contribution is 2.29. The van der Waals surface area contributed by atoms with E-state index < -0.39 is 0 Å². The first-order valence-electron chi connectivity index (χ1n) is 7.67. The molecule has 1 aliphatic heterocycles. The van der Waals surface area contributed by atoms with Gasteiger partial charge < -0.3 is 15.0 Å². The maximum absolute atomic E-state index is 14.2. The van der Waals surface area contributed by atoms with Crippen LogP contribution < -0.4 is 10.2 Å². The van der Waals surface area contributed by atoms with Crippen molar-refractivity contribution in [1.29, 1.82) is 0 Å².